The largest absolute Gasteiger partial charge is 0.394 e. The Morgan fingerprint density at radius 1 is 1.56 bits per heavy atom. The van der Waals surface area contributed by atoms with Gasteiger partial charge in [0.2, 0.25) is 0 Å². The number of hydrogen-bond donors (Lipinski definition) is 2. The van der Waals surface area contributed by atoms with Crippen LogP contribution in [0.25, 0.3) is 0 Å². The van der Waals surface area contributed by atoms with Gasteiger partial charge in [0.25, 0.3) is 0 Å². The lowest BCUT2D eigenvalue weighted by atomic mass is 10.2. The van der Waals surface area contributed by atoms with Crippen LogP contribution in [0.5, 0.6) is 0 Å². The second kappa shape index (κ2) is 4.97. The Hall–Kier alpha value is -0.870. The number of aliphatic hydroxyl groups excluding tert-OH is 1. The van der Waals surface area contributed by atoms with Crippen LogP contribution in [0.15, 0.2) is 6.07 Å². The summed E-state index contributed by atoms with van der Waals surface area (Å²) in [6, 6.07) is 1.73. The predicted octanol–water partition coefficient (Wildman–Crippen LogP) is 2.19. The lowest BCUT2D eigenvalue weighted by molar-refractivity contribution is 0.271. The van der Waals surface area contributed by atoms with Crippen molar-refractivity contribution in [2.75, 3.05) is 11.9 Å². The average molecular weight is 242 g/mol. The van der Waals surface area contributed by atoms with Crippen LogP contribution in [0.1, 0.15) is 37.9 Å². The minimum Gasteiger partial charge on any atom is -0.394 e. The van der Waals surface area contributed by atoms with E-state index < -0.39 is 0 Å². The number of anilines is 1. The zero-order chi connectivity index (χ0) is 11.5. The van der Waals surface area contributed by atoms with E-state index in [0.717, 1.165) is 25.1 Å². The number of nitrogens with one attached hydrogen (secondary N) is 1. The quantitative estimate of drug-likeness (QED) is 0.776. The van der Waals surface area contributed by atoms with Crippen LogP contribution in [-0.2, 0) is 0 Å². The molecule has 0 spiro atoms. The topological polar surface area (TPSA) is 58.0 Å². The standard InChI is InChI=1S/C11H16ClN3O/c1-2-8(6-16)13-10-5-9(12)14-11(15-10)7-3-4-7/h5,7-8,16H,2-4,6H2,1H3,(H,13,14,15). The molecule has 1 aliphatic carbocycles. The summed E-state index contributed by atoms with van der Waals surface area (Å²) < 4.78 is 0. The molecule has 0 amide bonds. The van der Waals surface area contributed by atoms with Gasteiger partial charge in [0, 0.05) is 12.0 Å². The summed E-state index contributed by atoms with van der Waals surface area (Å²) in [4.78, 5) is 8.62. The van der Waals surface area contributed by atoms with Gasteiger partial charge in [-0.2, -0.15) is 0 Å². The van der Waals surface area contributed by atoms with E-state index >= 15 is 0 Å². The molecule has 5 heteroatoms. The Morgan fingerprint density at radius 3 is 2.88 bits per heavy atom. The monoisotopic (exact) mass is 241 g/mol. The van der Waals surface area contributed by atoms with Gasteiger partial charge in [-0.1, -0.05) is 18.5 Å². The van der Waals surface area contributed by atoms with Crippen molar-refractivity contribution in [3.8, 4) is 0 Å². The van der Waals surface area contributed by atoms with Gasteiger partial charge < -0.3 is 10.4 Å². The molecule has 1 aromatic rings. The summed E-state index contributed by atoms with van der Waals surface area (Å²) in [6.07, 6.45) is 3.14. The molecule has 1 aromatic heterocycles. The highest BCUT2D eigenvalue weighted by atomic mass is 35.5. The molecule has 0 radical (unpaired) electrons. The highest BCUT2D eigenvalue weighted by Crippen LogP contribution is 2.38. The first-order chi connectivity index (χ1) is 7.72. The fraction of sp³-hybridized carbons (Fsp3) is 0.636. The summed E-state index contributed by atoms with van der Waals surface area (Å²) in [6.45, 7) is 2.11. The molecular formula is C11H16ClN3O. The van der Waals surface area contributed by atoms with E-state index in [1.807, 2.05) is 6.92 Å². The third-order valence-corrected chi connectivity index (χ3v) is 2.91. The van der Waals surface area contributed by atoms with Crippen molar-refractivity contribution in [1.29, 1.82) is 0 Å². The second-order valence-corrected chi connectivity index (χ2v) is 4.53. The van der Waals surface area contributed by atoms with Gasteiger partial charge in [0.1, 0.15) is 16.8 Å². The molecule has 1 fully saturated rings. The van der Waals surface area contributed by atoms with Crippen molar-refractivity contribution >= 4 is 17.4 Å². The van der Waals surface area contributed by atoms with Crippen molar-refractivity contribution < 1.29 is 5.11 Å². The Bertz CT molecular complexity index is 364. The molecule has 1 unspecified atom stereocenters. The number of hydrogen-bond acceptors (Lipinski definition) is 4. The summed E-state index contributed by atoms with van der Waals surface area (Å²) in [5, 5.41) is 12.7. The zero-order valence-corrected chi connectivity index (χ0v) is 10.0. The molecule has 2 rings (SSSR count). The molecule has 16 heavy (non-hydrogen) atoms. The van der Waals surface area contributed by atoms with Crippen LogP contribution >= 0.6 is 11.6 Å². The molecule has 4 nitrogen and oxygen atoms in total. The highest BCUT2D eigenvalue weighted by molar-refractivity contribution is 6.29. The predicted molar refractivity (Wildman–Crippen MR) is 63.8 cm³/mol. The first kappa shape index (κ1) is 11.6. The van der Waals surface area contributed by atoms with E-state index in [-0.39, 0.29) is 12.6 Å². The maximum absolute atomic E-state index is 9.11. The van der Waals surface area contributed by atoms with Crippen LogP contribution in [0.2, 0.25) is 5.15 Å². The van der Waals surface area contributed by atoms with Crippen molar-refractivity contribution in [2.45, 2.75) is 38.1 Å². The molecule has 88 valence electrons. The van der Waals surface area contributed by atoms with Gasteiger partial charge in [-0.05, 0) is 19.3 Å². The van der Waals surface area contributed by atoms with E-state index in [1.54, 1.807) is 6.07 Å². The van der Waals surface area contributed by atoms with Crippen LogP contribution in [-0.4, -0.2) is 27.7 Å². The first-order valence-electron chi connectivity index (χ1n) is 5.64. The first-order valence-corrected chi connectivity index (χ1v) is 6.02. The van der Waals surface area contributed by atoms with Crippen molar-refractivity contribution in [2.24, 2.45) is 0 Å². The summed E-state index contributed by atoms with van der Waals surface area (Å²) in [5.41, 5.74) is 0. The molecular weight excluding hydrogens is 226 g/mol. The fourth-order valence-corrected chi connectivity index (χ4v) is 1.71. The number of aromatic nitrogens is 2. The number of rotatable bonds is 5. The number of nitrogens with zero attached hydrogens (tertiary/aromatic N) is 2. The van der Waals surface area contributed by atoms with Gasteiger partial charge in [-0.25, -0.2) is 9.97 Å². The van der Waals surface area contributed by atoms with E-state index in [2.05, 4.69) is 15.3 Å². The second-order valence-electron chi connectivity index (χ2n) is 4.14. The molecule has 2 N–H and O–H groups in total. The normalized spacial score (nSPS) is 17.2. The van der Waals surface area contributed by atoms with E-state index in [0.29, 0.717) is 16.9 Å². The SMILES string of the molecule is CCC(CO)Nc1cc(Cl)nc(C2CC2)n1. The molecule has 0 saturated heterocycles. The maximum Gasteiger partial charge on any atom is 0.135 e. The minimum absolute atomic E-state index is 0.0259. The summed E-state index contributed by atoms with van der Waals surface area (Å²) in [5.74, 6) is 2.01. The van der Waals surface area contributed by atoms with Crippen molar-refractivity contribution in [3.63, 3.8) is 0 Å². The molecule has 0 aliphatic heterocycles. The van der Waals surface area contributed by atoms with Crippen LogP contribution in [0.3, 0.4) is 0 Å². The molecule has 1 aliphatic rings. The Labute approximate surface area is 100 Å². The van der Waals surface area contributed by atoms with E-state index in [9.17, 15) is 0 Å². The Morgan fingerprint density at radius 2 is 2.31 bits per heavy atom. The van der Waals surface area contributed by atoms with E-state index in [1.165, 1.54) is 0 Å². The molecule has 0 bridgehead atoms. The maximum atomic E-state index is 9.11. The molecule has 1 saturated carbocycles. The number of halogens is 1. The van der Waals surface area contributed by atoms with Gasteiger partial charge in [-0.3, -0.25) is 0 Å². The van der Waals surface area contributed by atoms with Gasteiger partial charge in [0.15, 0.2) is 0 Å². The van der Waals surface area contributed by atoms with Crippen LogP contribution < -0.4 is 5.32 Å². The lowest BCUT2D eigenvalue weighted by Gasteiger charge is -2.15. The Balaban J connectivity index is 2.13. The molecule has 1 atom stereocenters. The third-order valence-electron chi connectivity index (χ3n) is 2.72. The van der Waals surface area contributed by atoms with E-state index in [4.69, 9.17) is 16.7 Å². The molecule has 0 aromatic carbocycles. The van der Waals surface area contributed by atoms with Crippen molar-refractivity contribution in [3.05, 3.63) is 17.0 Å². The van der Waals surface area contributed by atoms with Gasteiger partial charge >= 0.3 is 0 Å². The summed E-state index contributed by atoms with van der Waals surface area (Å²) in [7, 11) is 0. The van der Waals surface area contributed by atoms with Gasteiger partial charge in [-0.15, -0.1) is 0 Å². The van der Waals surface area contributed by atoms with Crippen molar-refractivity contribution in [1.82, 2.24) is 9.97 Å². The smallest absolute Gasteiger partial charge is 0.135 e. The van der Waals surface area contributed by atoms with Crippen LogP contribution in [0.4, 0.5) is 5.82 Å². The molecule has 1 heterocycles. The van der Waals surface area contributed by atoms with Crippen LogP contribution in [0, 0.1) is 0 Å². The average Bonchev–Trinajstić information content (AvgIpc) is 3.08. The number of aliphatic hydroxyl groups is 1. The summed E-state index contributed by atoms with van der Waals surface area (Å²) >= 11 is 5.94. The highest BCUT2D eigenvalue weighted by Gasteiger charge is 2.27. The van der Waals surface area contributed by atoms with Gasteiger partial charge in [0.05, 0.1) is 12.6 Å². The Kier molecular flexibility index (Phi) is 3.61. The minimum atomic E-state index is 0.0259. The lowest BCUT2D eigenvalue weighted by Crippen LogP contribution is -2.23. The zero-order valence-electron chi connectivity index (χ0n) is 9.28. The third kappa shape index (κ3) is 2.83. The fourth-order valence-electron chi connectivity index (χ4n) is 1.52.